The number of hydrogen-bond donors (Lipinski definition) is 0. The van der Waals surface area contributed by atoms with Gasteiger partial charge in [-0.15, -0.1) is 0 Å². The monoisotopic (exact) mass is 639 g/mol. The molecule has 0 saturated carbocycles. The normalized spacial score (nSPS) is 13.9. The lowest BCUT2D eigenvalue weighted by atomic mass is 9.80. The van der Waals surface area contributed by atoms with Crippen LogP contribution in [0.5, 0.6) is 0 Å². The van der Waals surface area contributed by atoms with Crippen molar-refractivity contribution in [2.75, 3.05) is 11.9 Å². The molecule has 8 aromatic rings. The average molecular weight is 640 g/mol. The van der Waals surface area contributed by atoms with E-state index in [0.29, 0.717) is 0 Å². The molecule has 1 aliphatic heterocycles. The minimum absolute atomic E-state index is 0.0730. The summed E-state index contributed by atoms with van der Waals surface area (Å²) < 4.78 is 0. The number of anilines is 2. The largest absolute Gasteiger partial charge is 0.344 e. The van der Waals surface area contributed by atoms with Gasteiger partial charge in [0.2, 0.25) is 0 Å². The van der Waals surface area contributed by atoms with E-state index in [9.17, 15) is 0 Å². The summed E-state index contributed by atoms with van der Waals surface area (Å²) in [6, 6.07) is 59.0. The molecule has 0 unspecified atom stereocenters. The number of nitrogens with zero attached hydrogens (tertiary/aromatic N) is 1. The van der Waals surface area contributed by atoms with Gasteiger partial charge in [0, 0.05) is 30.3 Å². The van der Waals surface area contributed by atoms with Crippen molar-refractivity contribution in [2.24, 2.45) is 0 Å². The van der Waals surface area contributed by atoms with Gasteiger partial charge in [-0.1, -0.05) is 147 Å². The van der Waals surface area contributed by atoms with Crippen LogP contribution in [0.4, 0.5) is 11.4 Å². The molecule has 0 N–H and O–H groups in total. The number of para-hydroxylation sites is 1. The fourth-order valence-electron chi connectivity index (χ4n) is 8.97. The van der Waals surface area contributed by atoms with Gasteiger partial charge in [0.05, 0.1) is 0 Å². The summed E-state index contributed by atoms with van der Waals surface area (Å²) in [4.78, 5) is 2.37. The molecule has 0 aromatic heterocycles. The van der Waals surface area contributed by atoms with Crippen molar-refractivity contribution >= 4 is 32.9 Å². The third-order valence-corrected chi connectivity index (χ3v) is 11.5. The van der Waals surface area contributed by atoms with E-state index in [0.717, 1.165) is 6.42 Å². The second kappa shape index (κ2) is 10.8. The SMILES string of the molecule is CN1c2ccccc2Cc2ccc(-c3c4ccccc4c(-c4ccc5c(c4)C(C)(C)c4ccccc4-5)c4cc(-c5ccccc5)ccc34)cc21. The van der Waals surface area contributed by atoms with E-state index >= 15 is 0 Å². The van der Waals surface area contributed by atoms with Crippen molar-refractivity contribution in [1.82, 2.24) is 0 Å². The van der Waals surface area contributed by atoms with Crippen molar-refractivity contribution in [3.63, 3.8) is 0 Å². The molecule has 1 aliphatic carbocycles. The average Bonchev–Trinajstić information content (AvgIpc) is 3.39. The van der Waals surface area contributed by atoms with E-state index in [-0.39, 0.29) is 5.41 Å². The van der Waals surface area contributed by atoms with Crippen LogP contribution in [0.1, 0.15) is 36.1 Å². The Morgan fingerprint density at radius 2 is 1.02 bits per heavy atom. The molecule has 0 bridgehead atoms. The number of fused-ring (bicyclic) bond motifs is 7. The maximum Gasteiger partial charge on any atom is 0.0450 e. The molecule has 50 heavy (non-hydrogen) atoms. The van der Waals surface area contributed by atoms with Gasteiger partial charge in [-0.05, 0) is 113 Å². The summed E-state index contributed by atoms with van der Waals surface area (Å²) in [6.45, 7) is 4.75. The van der Waals surface area contributed by atoms with Crippen LogP contribution >= 0.6 is 0 Å². The van der Waals surface area contributed by atoms with E-state index in [4.69, 9.17) is 0 Å². The van der Waals surface area contributed by atoms with Crippen LogP contribution in [-0.2, 0) is 11.8 Å². The molecule has 0 spiro atoms. The van der Waals surface area contributed by atoms with Crippen molar-refractivity contribution in [1.29, 1.82) is 0 Å². The third-order valence-electron chi connectivity index (χ3n) is 11.5. The van der Waals surface area contributed by atoms with Crippen LogP contribution in [0.3, 0.4) is 0 Å². The highest BCUT2D eigenvalue weighted by Crippen LogP contribution is 2.52. The number of benzene rings is 8. The Hall–Kier alpha value is -5.92. The molecular formula is C49H37N. The Balaban J connectivity index is 1.25. The van der Waals surface area contributed by atoms with Crippen LogP contribution in [0.15, 0.2) is 158 Å². The summed E-state index contributed by atoms with van der Waals surface area (Å²) in [5, 5.41) is 5.12. The Morgan fingerprint density at radius 1 is 0.420 bits per heavy atom. The van der Waals surface area contributed by atoms with E-state index in [2.05, 4.69) is 184 Å². The van der Waals surface area contributed by atoms with Gasteiger partial charge in [0.15, 0.2) is 0 Å². The molecule has 0 saturated heterocycles. The summed E-state index contributed by atoms with van der Waals surface area (Å²) in [5.41, 5.74) is 18.3. The molecule has 1 heteroatoms. The molecule has 10 rings (SSSR count). The van der Waals surface area contributed by atoms with E-state index < -0.39 is 0 Å². The van der Waals surface area contributed by atoms with E-state index in [1.54, 1.807) is 0 Å². The molecule has 0 fully saturated rings. The van der Waals surface area contributed by atoms with Crippen LogP contribution in [0, 0.1) is 0 Å². The Labute approximate surface area is 294 Å². The molecule has 238 valence electrons. The lowest BCUT2D eigenvalue weighted by molar-refractivity contribution is 0.660. The molecule has 1 heterocycles. The van der Waals surface area contributed by atoms with Gasteiger partial charge in [0.1, 0.15) is 0 Å². The molecule has 8 aromatic carbocycles. The smallest absolute Gasteiger partial charge is 0.0450 e. The van der Waals surface area contributed by atoms with Crippen LogP contribution in [0.2, 0.25) is 0 Å². The highest BCUT2D eigenvalue weighted by atomic mass is 15.1. The zero-order valence-corrected chi connectivity index (χ0v) is 28.7. The summed E-state index contributed by atoms with van der Waals surface area (Å²) in [7, 11) is 2.21. The maximum atomic E-state index is 2.48. The molecule has 0 radical (unpaired) electrons. The minimum atomic E-state index is -0.0730. The van der Waals surface area contributed by atoms with E-state index in [1.807, 2.05) is 0 Å². The fourth-order valence-corrected chi connectivity index (χ4v) is 8.97. The van der Waals surface area contributed by atoms with Crippen LogP contribution in [0.25, 0.3) is 66.1 Å². The molecule has 2 aliphatic rings. The number of rotatable bonds is 3. The van der Waals surface area contributed by atoms with Gasteiger partial charge in [-0.2, -0.15) is 0 Å². The highest BCUT2D eigenvalue weighted by molar-refractivity contribution is 6.22. The molecule has 1 nitrogen and oxygen atoms in total. The second-order valence-electron chi connectivity index (χ2n) is 14.6. The first-order chi connectivity index (χ1) is 24.5. The topological polar surface area (TPSA) is 3.24 Å². The van der Waals surface area contributed by atoms with Crippen LogP contribution < -0.4 is 4.90 Å². The van der Waals surface area contributed by atoms with Gasteiger partial charge >= 0.3 is 0 Å². The first-order valence-electron chi connectivity index (χ1n) is 17.7. The summed E-state index contributed by atoms with van der Waals surface area (Å²) in [6.07, 6.45) is 0.954. The van der Waals surface area contributed by atoms with Gasteiger partial charge in [-0.3, -0.25) is 0 Å². The first-order valence-corrected chi connectivity index (χ1v) is 17.7. The van der Waals surface area contributed by atoms with Gasteiger partial charge < -0.3 is 4.90 Å². The van der Waals surface area contributed by atoms with Gasteiger partial charge in [-0.25, -0.2) is 0 Å². The fraction of sp³-hybridized carbons (Fsp3) is 0.102. The number of hydrogen-bond acceptors (Lipinski definition) is 1. The van der Waals surface area contributed by atoms with E-state index in [1.165, 1.54) is 99.7 Å². The van der Waals surface area contributed by atoms with Gasteiger partial charge in [0.25, 0.3) is 0 Å². The third kappa shape index (κ3) is 4.20. The maximum absolute atomic E-state index is 2.48. The zero-order valence-electron chi connectivity index (χ0n) is 28.7. The second-order valence-corrected chi connectivity index (χ2v) is 14.6. The summed E-state index contributed by atoms with van der Waals surface area (Å²) >= 11 is 0. The van der Waals surface area contributed by atoms with Crippen molar-refractivity contribution in [3.8, 4) is 44.5 Å². The molecule has 0 atom stereocenters. The Bertz CT molecular complexity index is 2660. The van der Waals surface area contributed by atoms with Crippen molar-refractivity contribution < 1.29 is 0 Å². The summed E-state index contributed by atoms with van der Waals surface area (Å²) in [5.74, 6) is 0. The lowest BCUT2D eigenvalue weighted by Gasteiger charge is -2.31. The first kappa shape index (κ1) is 29.0. The van der Waals surface area contributed by atoms with Crippen molar-refractivity contribution in [3.05, 3.63) is 180 Å². The highest BCUT2D eigenvalue weighted by Gasteiger charge is 2.35. The Kier molecular flexibility index (Phi) is 6.27. The Morgan fingerprint density at radius 3 is 1.86 bits per heavy atom. The molecular weight excluding hydrogens is 603 g/mol. The molecule has 0 amide bonds. The predicted molar refractivity (Wildman–Crippen MR) is 213 cm³/mol. The quantitative estimate of drug-likeness (QED) is 0.174. The van der Waals surface area contributed by atoms with Crippen LogP contribution in [-0.4, -0.2) is 7.05 Å². The lowest BCUT2D eigenvalue weighted by Crippen LogP contribution is -2.18. The van der Waals surface area contributed by atoms with Crippen molar-refractivity contribution in [2.45, 2.75) is 25.7 Å². The minimum Gasteiger partial charge on any atom is -0.344 e. The predicted octanol–water partition coefficient (Wildman–Crippen LogP) is 13.0. The standard InChI is InChI=1S/C49H37N/c1-49(2)43-19-11-10-16-37(43)38-25-24-35(29-44(38)49)48-40-18-9-8-17-39(40)47(41-26-23-32(28-42(41)48)31-13-5-4-6-14-31)36-22-21-34-27-33-15-7-12-20-45(33)50(3)46(34)30-36/h4-26,28-30H,27H2,1-3H3. The zero-order chi connectivity index (χ0) is 33.6.